The normalized spacial score (nSPS) is 11.4. The van der Waals surface area contributed by atoms with E-state index in [0.717, 1.165) is 10.7 Å². The molecule has 0 bridgehead atoms. The number of carbonyl (C=O) groups excluding carboxylic acids is 1. The zero-order valence-electron chi connectivity index (χ0n) is 13.7. The van der Waals surface area contributed by atoms with Crippen LogP contribution < -0.4 is 15.6 Å². The molecular weight excluding hydrogens is 365 g/mol. The largest absolute Gasteiger partial charge is 0.573 e. The van der Waals surface area contributed by atoms with Gasteiger partial charge >= 0.3 is 6.36 Å². The van der Waals surface area contributed by atoms with E-state index in [1.54, 1.807) is 24.3 Å². The van der Waals surface area contributed by atoms with Crippen molar-refractivity contribution < 1.29 is 22.7 Å². The Morgan fingerprint density at radius 2 is 1.81 bits per heavy atom. The number of amides is 1. The number of nitrogens with one attached hydrogen (secondary N) is 1. The van der Waals surface area contributed by atoms with Crippen LogP contribution in [0.25, 0.3) is 10.9 Å². The maximum absolute atomic E-state index is 12.4. The summed E-state index contributed by atoms with van der Waals surface area (Å²) in [5, 5.41) is 10.3. The van der Waals surface area contributed by atoms with Gasteiger partial charge in [-0.05, 0) is 18.2 Å². The first-order chi connectivity index (χ1) is 12.8. The standard InChI is InChI=1S/C17H13F3N4O3/c18-17(19,20)27-14-8-4-1-5-11(14)9-21-15(25)10-24-16(26)12-6-2-3-7-13(12)22-23-24/h1-8H,9-10H2,(H,21,25). The molecule has 0 aliphatic heterocycles. The summed E-state index contributed by atoms with van der Waals surface area (Å²) in [4.78, 5) is 24.4. The maximum Gasteiger partial charge on any atom is 0.573 e. The summed E-state index contributed by atoms with van der Waals surface area (Å²) >= 11 is 0. The number of hydrogen-bond acceptors (Lipinski definition) is 5. The van der Waals surface area contributed by atoms with Crippen molar-refractivity contribution in [2.24, 2.45) is 0 Å². The molecule has 10 heteroatoms. The molecule has 3 rings (SSSR count). The second-order valence-corrected chi connectivity index (χ2v) is 5.50. The quantitative estimate of drug-likeness (QED) is 0.734. The number of ether oxygens (including phenoxy) is 1. The Kier molecular flexibility index (Phi) is 5.06. The molecule has 1 N–H and O–H groups in total. The number of benzene rings is 2. The molecule has 2 aromatic carbocycles. The van der Waals surface area contributed by atoms with Crippen molar-refractivity contribution in [3.05, 3.63) is 64.4 Å². The number of alkyl halides is 3. The van der Waals surface area contributed by atoms with Crippen LogP contribution in [-0.4, -0.2) is 27.3 Å². The minimum Gasteiger partial charge on any atom is -0.405 e. The molecule has 7 nitrogen and oxygen atoms in total. The van der Waals surface area contributed by atoms with E-state index in [1.807, 2.05) is 0 Å². The predicted molar refractivity (Wildman–Crippen MR) is 88.8 cm³/mol. The molecule has 1 amide bonds. The van der Waals surface area contributed by atoms with Crippen molar-refractivity contribution in [1.82, 2.24) is 20.3 Å². The first kappa shape index (κ1) is 18.4. The molecule has 1 aromatic heterocycles. The van der Waals surface area contributed by atoms with Gasteiger partial charge in [-0.25, -0.2) is 4.68 Å². The molecule has 0 atom stereocenters. The van der Waals surface area contributed by atoms with Crippen molar-refractivity contribution in [3.8, 4) is 5.75 Å². The fourth-order valence-corrected chi connectivity index (χ4v) is 2.39. The second-order valence-electron chi connectivity index (χ2n) is 5.50. The van der Waals surface area contributed by atoms with E-state index in [1.165, 1.54) is 18.2 Å². The van der Waals surface area contributed by atoms with Crippen molar-refractivity contribution >= 4 is 16.8 Å². The Labute approximate surface area is 150 Å². The lowest BCUT2D eigenvalue weighted by Crippen LogP contribution is -2.34. The third kappa shape index (κ3) is 4.60. The summed E-state index contributed by atoms with van der Waals surface area (Å²) in [6, 6.07) is 12.0. The van der Waals surface area contributed by atoms with Gasteiger partial charge in [-0.1, -0.05) is 35.5 Å². The smallest absolute Gasteiger partial charge is 0.405 e. The van der Waals surface area contributed by atoms with Crippen molar-refractivity contribution in [3.63, 3.8) is 0 Å². The van der Waals surface area contributed by atoms with E-state index >= 15 is 0 Å². The lowest BCUT2D eigenvalue weighted by Gasteiger charge is -2.13. The molecule has 0 aliphatic carbocycles. The van der Waals surface area contributed by atoms with Gasteiger partial charge in [0, 0.05) is 12.1 Å². The Balaban J connectivity index is 1.69. The zero-order valence-corrected chi connectivity index (χ0v) is 13.7. The molecule has 3 aromatic rings. The monoisotopic (exact) mass is 378 g/mol. The fraction of sp³-hybridized carbons (Fsp3) is 0.176. The third-order valence-electron chi connectivity index (χ3n) is 3.60. The lowest BCUT2D eigenvalue weighted by atomic mass is 10.2. The van der Waals surface area contributed by atoms with E-state index in [-0.39, 0.29) is 12.1 Å². The summed E-state index contributed by atoms with van der Waals surface area (Å²) in [5.41, 5.74) is 0.0501. The lowest BCUT2D eigenvalue weighted by molar-refractivity contribution is -0.274. The van der Waals surface area contributed by atoms with Gasteiger partial charge in [0.15, 0.2) is 0 Å². The fourth-order valence-electron chi connectivity index (χ4n) is 2.39. The molecule has 0 fully saturated rings. The van der Waals surface area contributed by atoms with E-state index in [9.17, 15) is 22.8 Å². The van der Waals surface area contributed by atoms with Crippen LogP contribution in [0.15, 0.2) is 53.3 Å². The number of para-hydroxylation sites is 1. The highest BCUT2D eigenvalue weighted by atomic mass is 19.4. The average Bonchev–Trinajstić information content (AvgIpc) is 2.62. The summed E-state index contributed by atoms with van der Waals surface area (Å²) in [7, 11) is 0. The van der Waals surface area contributed by atoms with Crippen LogP contribution in [-0.2, 0) is 17.9 Å². The SMILES string of the molecule is O=C(Cn1nnc2ccccc2c1=O)NCc1ccccc1OC(F)(F)F. The number of hydrogen-bond donors (Lipinski definition) is 1. The van der Waals surface area contributed by atoms with Gasteiger partial charge in [0.25, 0.3) is 5.56 Å². The number of rotatable bonds is 5. The van der Waals surface area contributed by atoms with Crippen molar-refractivity contribution in [2.75, 3.05) is 0 Å². The van der Waals surface area contributed by atoms with Crippen LogP contribution >= 0.6 is 0 Å². The third-order valence-corrected chi connectivity index (χ3v) is 3.60. The second kappa shape index (κ2) is 7.44. The number of fused-ring (bicyclic) bond motifs is 1. The highest BCUT2D eigenvalue weighted by molar-refractivity contribution is 5.78. The highest BCUT2D eigenvalue weighted by Crippen LogP contribution is 2.26. The van der Waals surface area contributed by atoms with Gasteiger partial charge in [-0.2, -0.15) is 0 Å². The Hall–Kier alpha value is -3.43. The number of aromatic nitrogens is 3. The van der Waals surface area contributed by atoms with Crippen LogP contribution in [0, 0.1) is 0 Å². The zero-order chi connectivity index (χ0) is 19.4. The summed E-state index contributed by atoms with van der Waals surface area (Å²) in [6.07, 6.45) is -4.84. The molecule has 0 spiro atoms. The maximum atomic E-state index is 12.4. The molecule has 1 heterocycles. The molecule has 0 radical (unpaired) electrons. The minimum absolute atomic E-state index is 0.139. The molecule has 27 heavy (non-hydrogen) atoms. The molecule has 0 saturated carbocycles. The van der Waals surface area contributed by atoms with Gasteiger partial charge in [-0.15, -0.1) is 18.3 Å². The first-order valence-electron chi connectivity index (χ1n) is 7.76. The van der Waals surface area contributed by atoms with Gasteiger partial charge < -0.3 is 10.1 Å². The van der Waals surface area contributed by atoms with Gasteiger partial charge in [-0.3, -0.25) is 9.59 Å². The van der Waals surface area contributed by atoms with Gasteiger partial charge in [0.2, 0.25) is 5.91 Å². The summed E-state index contributed by atoms with van der Waals surface area (Å²) < 4.78 is 42.1. The van der Waals surface area contributed by atoms with Crippen LogP contribution in [0.4, 0.5) is 13.2 Å². The van der Waals surface area contributed by atoms with Gasteiger partial charge in [0.05, 0.1) is 5.39 Å². The van der Waals surface area contributed by atoms with E-state index in [4.69, 9.17) is 0 Å². The van der Waals surface area contributed by atoms with Crippen molar-refractivity contribution in [1.29, 1.82) is 0 Å². The average molecular weight is 378 g/mol. The minimum atomic E-state index is -4.84. The Bertz CT molecular complexity index is 1030. The molecular formula is C17H13F3N4O3. The number of nitrogens with zero attached hydrogens (tertiary/aromatic N) is 3. The highest BCUT2D eigenvalue weighted by Gasteiger charge is 2.32. The van der Waals surface area contributed by atoms with Crippen LogP contribution in [0.2, 0.25) is 0 Å². The summed E-state index contributed by atoms with van der Waals surface area (Å²) in [6.45, 7) is -0.625. The summed E-state index contributed by atoms with van der Waals surface area (Å²) in [5.74, 6) is -1.02. The molecule has 0 saturated heterocycles. The number of halogens is 3. The Morgan fingerprint density at radius 1 is 1.11 bits per heavy atom. The predicted octanol–water partition coefficient (Wildman–Crippen LogP) is 2.01. The molecule has 140 valence electrons. The number of carbonyl (C=O) groups is 1. The molecule has 0 unspecified atom stereocenters. The molecule has 0 aliphatic rings. The van der Waals surface area contributed by atoms with Gasteiger partial charge in [0.1, 0.15) is 17.8 Å². The topological polar surface area (TPSA) is 86.1 Å². The van der Waals surface area contributed by atoms with Crippen molar-refractivity contribution in [2.45, 2.75) is 19.5 Å². The first-order valence-corrected chi connectivity index (χ1v) is 7.76. The van der Waals surface area contributed by atoms with E-state index < -0.39 is 30.1 Å². The van der Waals surface area contributed by atoms with E-state index in [0.29, 0.717) is 10.9 Å². The Morgan fingerprint density at radius 3 is 2.59 bits per heavy atom. The van der Waals surface area contributed by atoms with E-state index in [2.05, 4.69) is 20.4 Å². The van der Waals surface area contributed by atoms with Crippen LogP contribution in [0.3, 0.4) is 0 Å². The van der Waals surface area contributed by atoms with Crippen LogP contribution in [0.1, 0.15) is 5.56 Å². The van der Waals surface area contributed by atoms with Crippen LogP contribution in [0.5, 0.6) is 5.75 Å².